The highest BCUT2D eigenvalue weighted by Gasteiger charge is 2.62. The number of anilines is 4. The van der Waals surface area contributed by atoms with Crippen molar-refractivity contribution in [3.8, 4) is 11.1 Å². The van der Waals surface area contributed by atoms with Crippen LogP contribution in [-0.4, -0.2) is 18.3 Å². The van der Waals surface area contributed by atoms with Crippen LogP contribution >= 0.6 is 0 Å². The predicted octanol–water partition coefficient (Wildman–Crippen LogP) is 10.2. The Morgan fingerprint density at radius 3 is 2.10 bits per heavy atom. The Balaban J connectivity index is 1.35. The smallest absolute Gasteiger partial charge is 0.252 e. The van der Waals surface area contributed by atoms with E-state index in [-0.39, 0.29) is 28.5 Å². The van der Waals surface area contributed by atoms with Crippen LogP contribution in [0.25, 0.3) is 11.1 Å². The number of hydrogen-bond donors (Lipinski definition) is 0. The average Bonchev–Trinajstić information content (AvgIpc) is 3.77. The zero-order valence-corrected chi connectivity index (χ0v) is 31.8. The van der Waals surface area contributed by atoms with Crippen LogP contribution in [0.5, 0.6) is 0 Å². The lowest BCUT2D eigenvalue weighted by molar-refractivity contribution is 0.195. The lowest BCUT2D eigenvalue weighted by Crippen LogP contribution is -2.65. The Kier molecular flexibility index (Phi) is 6.33. The molecule has 0 saturated heterocycles. The Bertz CT molecular complexity index is 2070. The topological polar surface area (TPSA) is 6.48 Å². The monoisotopic (exact) mass is 658 g/mol. The van der Waals surface area contributed by atoms with Gasteiger partial charge in [-0.15, -0.1) is 0 Å². The van der Waals surface area contributed by atoms with Gasteiger partial charge in [0.25, 0.3) is 6.71 Å². The van der Waals surface area contributed by atoms with Crippen molar-refractivity contribution in [1.29, 1.82) is 0 Å². The quantitative estimate of drug-likeness (QED) is 0.198. The minimum atomic E-state index is 0.0255. The van der Waals surface area contributed by atoms with Crippen molar-refractivity contribution in [1.82, 2.24) is 0 Å². The molecule has 256 valence electrons. The fraction of sp³-hybridized carbons (Fsp3) is 0.489. The second kappa shape index (κ2) is 10.1. The van der Waals surface area contributed by atoms with Gasteiger partial charge in [-0.1, -0.05) is 122 Å². The van der Waals surface area contributed by atoms with Crippen molar-refractivity contribution >= 4 is 45.9 Å². The molecule has 2 nitrogen and oxygen atoms in total. The van der Waals surface area contributed by atoms with Gasteiger partial charge >= 0.3 is 0 Å². The Hall–Kier alpha value is -3.46. The van der Waals surface area contributed by atoms with Crippen molar-refractivity contribution < 1.29 is 0 Å². The zero-order valence-electron chi connectivity index (χ0n) is 31.8. The van der Waals surface area contributed by atoms with Gasteiger partial charge in [0.1, 0.15) is 0 Å². The van der Waals surface area contributed by atoms with E-state index in [1.165, 1.54) is 90.7 Å². The van der Waals surface area contributed by atoms with Crippen LogP contribution < -0.4 is 26.2 Å². The minimum Gasteiger partial charge on any atom is -0.339 e. The molecule has 0 amide bonds. The lowest BCUT2D eigenvalue weighted by atomic mass is 9.33. The Morgan fingerprint density at radius 1 is 0.680 bits per heavy atom. The summed E-state index contributed by atoms with van der Waals surface area (Å²) in [5.41, 5.74) is 18.2. The molecule has 4 aromatic rings. The van der Waals surface area contributed by atoms with E-state index in [0.29, 0.717) is 6.04 Å². The van der Waals surface area contributed by atoms with Gasteiger partial charge in [-0.2, -0.15) is 0 Å². The molecule has 4 aromatic carbocycles. The van der Waals surface area contributed by atoms with E-state index in [2.05, 4.69) is 138 Å². The van der Waals surface area contributed by atoms with Crippen LogP contribution in [0.1, 0.15) is 123 Å². The molecule has 3 heteroatoms. The summed E-state index contributed by atoms with van der Waals surface area (Å²) in [4.78, 5) is 5.84. The first kappa shape index (κ1) is 31.3. The van der Waals surface area contributed by atoms with E-state index in [0.717, 1.165) is 11.8 Å². The van der Waals surface area contributed by atoms with Gasteiger partial charge in [-0.3, -0.25) is 0 Å². The second-order valence-electron chi connectivity index (χ2n) is 19.7. The summed E-state index contributed by atoms with van der Waals surface area (Å²) in [6, 6.07) is 30.0. The largest absolute Gasteiger partial charge is 0.339 e. The van der Waals surface area contributed by atoms with Gasteiger partial charge < -0.3 is 9.80 Å². The van der Waals surface area contributed by atoms with Crippen molar-refractivity contribution in [2.75, 3.05) is 9.80 Å². The van der Waals surface area contributed by atoms with Crippen LogP contribution in [0.15, 0.2) is 72.8 Å². The van der Waals surface area contributed by atoms with Crippen LogP contribution in [0.3, 0.4) is 0 Å². The molecule has 5 atom stereocenters. The summed E-state index contributed by atoms with van der Waals surface area (Å²) in [6.45, 7) is 19.9. The SMILES string of the molecule is CC(C)(C)c1ccc2c(c1)B1c3cc(C(C)(C)C)cc4c3N(c3cc(-c5ccccc5)cc(c31)N2C1CC2CCC1C2)C1(C)CCCCC41C. The van der Waals surface area contributed by atoms with E-state index in [4.69, 9.17) is 0 Å². The maximum atomic E-state index is 2.93. The molecule has 50 heavy (non-hydrogen) atoms. The normalized spacial score (nSPS) is 28.8. The first-order valence-corrected chi connectivity index (χ1v) is 19.9. The van der Waals surface area contributed by atoms with Crippen molar-refractivity contribution in [2.45, 2.75) is 135 Å². The van der Waals surface area contributed by atoms with Gasteiger partial charge in [0, 0.05) is 34.2 Å². The maximum absolute atomic E-state index is 2.93. The van der Waals surface area contributed by atoms with Crippen LogP contribution in [0.2, 0.25) is 0 Å². The van der Waals surface area contributed by atoms with Gasteiger partial charge in [-0.05, 0) is 124 Å². The Morgan fingerprint density at radius 2 is 1.40 bits per heavy atom. The molecule has 3 heterocycles. The maximum Gasteiger partial charge on any atom is 0.252 e. The van der Waals surface area contributed by atoms with E-state index in [1.807, 2.05) is 0 Å². The third-order valence-electron chi connectivity index (χ3n) is 14.9. The number of benzene rings is 4. The third-order valence-corrected chi connectivity index (χ3v) is 14.9. The molecule has 5 unspecified atom stereocenters. The van der Waals surface area contributed by atoms with E-state index in [9.17, 15) is 0 Å². The summed E-state index contributed by atoms with van der Waals surface area (Å²) in [5, 5.41) is 0. The first-order valence-electron chi connectivity index (χ1n) is 19.9. The molecule has 3 aliphatic carbocycles. The zero-order chi connectivity index (χ0) is 34.5. The molecule has 3 fully saturated rings. The summed E-state index contributed by atoms with van der Waals surface area (Å²) < 4.78 is 0. The highest BCUT2D eigenvalue weighted by atomic mass is 15.3. The molecule has 6 aliphatic rings. The third kappa shape index (κ3) is 4.04. The molecule has 3 saturated carbocycles. The fourth-order valence-electron chi connectivity index (χ4n) is 12.0. The molecule has 0 aromatic heterocycles. The molecule has 0 spiro atoms. The highest BCUT2D eigenvalue weighted by molar-refractivity contribution is 7.00. The van der Waals surface area contributed by atoms with E-state index in [1.54, 1.807) is 27.6 Å². The van der Waals surface area contributed by atoms with Gasteiger partial charge in [0.15, 0.2) is 0 Å². The summed E-state index contributed by atoms with van der Waals surface area (Å²) in [5.74, 6) is 1.66. The average molecular weight is 659 g/mol. The molecular formula is C47H55BN2. The fourth-order valence-corrected chi connectivity index (χ4v) is 12.0. The molecule has 0 N–H and O–H groups in total. The van der Waals surface area contributed by atoms with Crippen molar-refractivity contribution in [3.05, 3.63) is 89.5 Å². The summed E-state index contributed by atoms with van der Waals surface area (Å²) in [7, 11) is 0. The minimum absolute atomic E-state index is 0.0255. The summed E-state index contributed by atoms with van der Waals surface area (Å²) >= 11 is 0. The molecule has 3 aliphatic heterocycles. The standard InChI is InChI=1S/C47H55BN2/c1-44(2,3)33-18-19-38-36(27-33)48-37-28-34(45(4,5)6)26-35-43(37)50(47(8)21-13-12-20-46(35,47)7)41-25-32(30-14-10-9-11-15-30)24-40(42(41)48)49(38)39-23-29-16-17-31(39)22-29/h9-11,14-15,18-19,24-29,31,39H,12-13,16-17,20-23H2,1-8H3. The van der Waals surface area contributed by atoms with Gasteiger partial charge in [0.05, 0.1) is 5.54 Å². The van der Waals surface area contributed by atoms with Gasteiger partial charge in [-0.25, -0.2) is 0 Å². The number of nitrogens with zero attached hydrogens (tertiary/aromatic N) is 2. The Labute approximate surface area is 301 Å². The van der Waals surface area contributed by atoms with Crippen molar-refractivity contribution in [2.24, 2.45) is 11.8 Å². The number of hydrogen-bond acceptors (Lipinski definition) is 2. The van der Waals surface area contributed by atoms with E-state index >= 15 is 0 Å². The van der Waals surface area contributed by atoms with E-state index < -0.39 is 0 Å². The lowest BCUT2D eigenvalue weighted by Gasteiger charge is -2.53. The van der Waals surface area contributed by atoms with Crippen LogP contribution in [0.4, 0.5) is 22.7 Å². The van der Waals surface area contributed by atoms with Crippen molar-refractivity contribution in [3.63, 3.8) is 0 Å². The molecular weight excluding hydrogens is 603 g/mol. The predicted molar refractivity (Wildman–Crippen MR) is 215 cm³/mol. The van der Waals surface area contributed by atoms with Crippen LogP contribution in [-0.2, 0) is 16.2 Å². The summed E-state index contributed by atoms with van der Waals surface area (Å²) in [6.07, 6.45) is 10.7. The highest BCUT2D eigenvalue weighted by Crippen LogP contribution is 2.62. The molecule has 0 radical (unpaired) electrons. The number of rotatable bonds is 2. The first-order chi connectivity index (χ1) is 23.8. The molecule has 2 bridgehead atoms. The number of fused-ring (bicyclic) bond motifs is 9. The van der Waals surface area contributed by atoms with Crippen LogP contribution in [0, 0.1) is 11.8 Å². The molecule has 10 rings (SSSR count). The van der Waals surface area contributed by atoms with Gasteiger partial charge in [0.2, 0.25) is 0 Å². The second-order valence-corrected chi connectivity index (χ2v) is 19.7.